The average molecular weight is 734 g/mol. The molecule has 2 atom stereocenters. The first-order valence-corrected chi connectivity index (χ1v) is 21.8. The highest BCUT2D eigenvalue weighted by molar-refractivity contribution is 8.03. The zero-order chi connectivity index (χ0) is 33.1. The van der Waals surface area contributed by atoms with Crippen molar-refractivity contribution in [2.75, 3.05) is 39.6 Å². The Balaban J connectivity index is 2.63. The van der Waals surface area contributed by atoms with Crippen LogP contribution in [0.5, 0.6) is 0 Å². The maximum absolute atomic E-state index is 6.57. The lowest BCUT2D eigenvalue weighted by Crippen LogP contribution is -2.52. The Kier molecular flexibility index (Phi) is 19.9. The summed E-state index contributed by atoms with van der Waals surface area (Å²) in [5.74, 6) is 0. The Morgan fingerprint density at radius 2 is 1.13 bits per heavy atom. The number of benzene rings is 2. The molecule has 45 heavy (non-hydrogen) atoms. The average Bonchev–Trinajstić information content (AvgIpc) is 3.01. The van der Waals surface area contributed by atoms with Gasteiger partial charge in [-0.2, -0.15) is 0 Å². The molecule has 0 aliphatic carbocycles. The topological polar surface area (TPSA) is 55.4 Å². The Labute approximate surface area is 292 Å². The van der Waals surface area contributed by atoms with Crippen molar-refractivity contribution in [3.63, 3.8) is 0 Å². The molecule has 2 aromatic carbocycles. The number of rotatable bonds is 24. The van der Waals surface area contributed by atoms with E-state index in [0.717, 1.165) is 39.0 Å². The number of thioether (sulfide) groups is 2. The van der Waals surface area contributed by atoms with Crippen molar-refractivity contribution in [2.45, 2.75) is 81.4 Å². The third-order valence-corrected chi connectivity index (χ3v) is 16.2. The molecule has 0 N–H and O–H groups in total. The molecule has 0 heterocycles. The van der Waals surface area contributed by atoms with E-state index in [4.69, 9.17) is 49.8 Å². The van der Waals surface area contributed by atoms with Crippen molar-refractivity contribution in [2.24, 2.45) is 0 Å². The van der Waals surface area contributed by atoms with Crippen LogP contribution in [0.15, 0.2) is 81.6 Å². The molecule has 0 aromatic heterocycles. The van der Waals surface area contributed by atoms with E-state index in [0.29, 0.717) is 44.7 Å². The smallest absolute Gasteiger partial charge is 0.373 e. The Bertz CT molecular complexity index is 1110. The molecule has 0 saturated carbocycles. The molecule has 2 aromatic rings. The van der Waals surface area contributed by atoms with Gasteiger partial charge in [-0.05, 0) is 114 Å². The molecule has 2 rings (SSSR count). The van der Waals surface area contributed by atoms with Crippen LogP contribution in [0.4, 0.5) is 0 Å². The molecule has 0 aliphatic heterocycles. The van der Waals surface area contributed by atoms with Gasteiger partial charge in [0.1, 0.15) is 0 Å². The molecule has 0 fully saturated rings. The highest BCUT2D eigenvalue weighted by atomic mass is 35.5. The number of hydrogen-bond acceptors (Lipinski definition) is 8. The molecule has 12 heteroatoms. The summed E-state index contributed by atoms with van der Waals surface area (Å²) < 4.78 is 38.7. The van der Waals surface area contributed by atoms with Crippen molar-refractivity contribution < 1.29 is 26.6 Å². The van der Waals surface area contributed by atoms with E-state index in [-0.39, 0.29) is 10.8 Å². The van der Waals surface area contributed by atoms with Gasteiger partial charge in [-0.3, -0.25) is 0 Å². The number of allylic oxidation sites excluding steroid dienone is 1. The highest BCUT2D eigenvalue weighted by Crippen LogP contribution is 2.46. The van der Waals surface area contributed by atoms with Crippen LogP contribution >= 0.6 is 46.7 Å². The van der Waals surface area contributed by atoms with Crippen LogP contribution in [-0.4, -0.2) is 62.5 Å². The van der Waals surface area contributed by atoms with Crippen LogP contribution in [0.1, 0.15) is 60.8 Å². The largest absolute Gasteiger partial charge is 0.530 e. The van der Waals surface area contributed by atoms with Gasteiger partial charge in [0.2, 0.25) is 0 Å². The third kappa shape index (κ3) is 13.4. The van der Waals surface area contributed by atoms with E-state index in [1.165, 1.54) is 0 Å². The minimum atomic E-state index is -3.29. The summed E-state index contributed by atoms with van der Waals surface area (Å²) in [6.07, 6.45) is 4.57. The second-order valence-electron chi connectivity index (χ2n) is 9.74. The molecule has 6 nitrogen and oxygen atoms in total. The second-order valence-corrected chi connectivity index (χ2v) is 18.2. The zero-order valence-corrected chi connectivity index (χ0v) is 32.7. The van der Waals surface area contributed by atoms with Gasteiger partial charge in [0.25, 0.3) is 0 Å². The first kappa shape index (κ1) is 40.6. The molecule has 0 spiro atoms. The molecule has 0 amide bonds. The minimum absolute atomic E-state index is 0.197. The Morgan fingerprint density at radius 3 is 1.56 bits per heavy atom. The third-order valence-electron chi connectivity index (χ3n) is 6.56. The van der Waals surface area contributed by atoms with E-state index in [9.17, 15) is 0 Å². The molecule has 252 valence electrons. The van der Waals surface area contributed by atoms with Crippen molar-refractivity contribution in [1.82, 2.24) is 0 Å². The summed E-state index contributed by atoms with van der Waals surface area (Å²) in [5.41, 5.74) is 1.90. The molecule has 2 unspecified atom stereocenters. The van der Waals surface area contributed by atoms with Gasteiger partial charge in [-0.1, -0.05) is 47.5 Å². The molecular weight excluding hydrogens is 684 g/mol. The lowest BCUT2D eigenvalue weighted by atomic mass is 10.1. The van der Waals surface area contributed by atoms with Crippen molar-refractivity contribution in [3.8, 4) is 0 Å². The number of hydrogen-bond donors (Lipinski definition) is 0. The quantitative estimate of drug-likeness (QED) is 0.0601. The van der Waals surface area contributed by atoms with Crippen LogP contribution in [0.2, 0.25) is 15.6 Å². The van der Waals surface area contributed by atoms with Gasteiger partial charge in [0.05, 0.1) is 5.54 Å². The first-order chi connectivity index (χ1) is 21.7. The van der Waals surface area contributed by atoms with Gasteiger partial charge in [-0.25, -0.2) is 0 Å². The minimum Gasteiger partial charge on any atom is -0.373 e. The van der Waals surface area contributed by atoms with E-state index in [2.05, 4.69) is 12.3 Å². The highest BCUT2D eigenvalue weighted by Gasteiger charge is 2.52. The summed E-state index contributed by atoms with van der Waals surface area (Å²) in [6.45, 7) is 18.8. The van der Waals surface area contributed by atoms with Crippen LogP contribution in [-0.2, 0) is 26.6 Å². The normalized spacial score (nSPS) is 14.0. The fourth-order valence-corrected chi connectivity index (χ4v) is 13.7. The second kappa shape index (κ2) is 22.1. The summed E-state index contributed by atoms with van der Waals surface area (Å²) in [5, 5.41) is 1.62. The van der Waals surface area contributed by atoms with Crippen LogP contribution in [0.3, 0.4) is 0 Å². The zero-order valence-electron chi connectivity index (χ0n) is 27.5. The lowest BCUT2D eigenvalue weighted by molar-refractivity contribution is 0.0636. The first-order valence-electron chi connectivity index (χ1n) is 15.8. The molecular formula is C33H50Cl2O6S2Si2. The lowest BCUT2D eigenvalue weighted by Gasteiger charge is -2.37. The maximum Gasteiger partial charge on any atom is 0.530 e. The molecule has 0 saturated heterocycles. The fraction of sp³-hybridized carbons (Fsp3) is 0.515. The van der Waals surface area contributed by atoms with Gasteiger partial charge in [0, 0.05) is 64.7 Å². The van der Waals surface area contributed by atoms with Crippen molar-refractivity contribution in [1.29, 1.82) is 0 Å². The SMILES string of the molecule is C=CC(CCCC(/C(=C/[Si](OCC)(OCC)OCC)Sc1ccc(Cl)cc1)[Si](OCC)(OCC)OCC)Sc1ccc(Cl)cc1. The van der Waals surface area contributed by atoms with E-state index >= 15 is 0 Å². The van der Waals surface area contributed by atoms with Gasteiger partial charge >= 0.3 is 17.6 Å². The number of halogens is 2. The summed E-state index contributed by atoms with van der Waals surface area (Å²) in [6, 6.07) is 15.8. The summed E-state index contributed by atoms with van der Waals surface area (Å²) >= 11 is 15.8. The van der Waals surface area contributed by atoms with E-state index in [1.54, 1.807) is 23.5 Å². The molecule has 0 radical (unpaired) electrons. The van der Waals surface area contributed by atoms with Crippen molar-refractivity contribution in [3.05, 3.63) is 81.8 Å². The summed E-state index contributed by atoms with van der Waals surface area (Å²) in [4.78, 5) is 3.18. The van der Waals surface area contributed by atoms with E-state index < -0.39 is 17.6 Å². The molecule has 0 aliphatic rings. The summed E-state index contributed by atoms with van der Waals surface area (Å²) in [7, 11) is -6.53. The van der Waals surface area contributed by atoms with Crippen LogP contribution in [0.25, 0.3) is 0 Å². The van der Waals surface area contributed by atoms with Gasteiger partial charge < -0.3 is 26.6 Å². The fourth-order valence-electron chi connectivity index (χ4n) is 4.83. The Morgan fingerprint density at radius 1 is 0.689 bits per heavy atom. The van der Waals surface area contributed by atoms with Crippen LogP contribution in [0, 0.1) is 0 Å². The maximum atomic E-state index is 6.57. The van der Waals surface area contributed by atoms with Gasteiger partial charge in [-0.15, -0.1) is 18.3 Å². The Hall–Kier alpha value is -0.606. The predicted octanol–water partition coefficient (Wildman–Crippen LogP) is 10.5. The standard InChI is InChI=1S/C33H50Cl2O6S2Si2/c1-8-29(42-30-22-18-27(34)19-23-30)16-15-17-33(45(39-12-5,40-13-6)41-14-7)32(43-31-24-20-28(35)21-25-31)26-44(36-9-2,37-10-3)38-11-4/h8,18-26,29,33H,1,9-17H2,2-7H3/b32-26-. The van der Waals surface area contributed by atoms with Crippen molar-refractivity contribution >= 4 is 64.3 Å². The van der Waals surface area contributed by atoms with Crippen LogP contribution < -0.4 is 0 Å². The van der Waals surface area contributed by atoms with Gasteiger partial charge in [0.15, 0.2) is 0 Å². The monoisotopic (exact) mass is 732 g/mol. The molecule has 0 bridgehead atoms. The van der Waals surface area contributed by atoms with E-state index in [1.807, 2.05) is 96.1 Å². The predicted molar refractivity (Wildman–Crippen MR) is 196 cm³/mol.